The molecule has 0 saturated carbocycles. The van der Waals surface area contributed by atoms with Crippen LogP contribution in [0, 0.1) is 0 Å². The molecule has 1 aliphatic rings. The Morgan fingerprint density at radius 1 is 0.750 bits per heavy atom. The standard InChI is InChI=1S/C22H43BO/c1-4-7-10-13-17-22(18-14-11-8-5-2)19-16-21-24-23(22)20-15-12-9-6-3/h16,19H,4-15,17-18,20-21H2,1-3H3. The maximum Gasteiger partial charge on any atom is 0.303 e. The molecule has 0 aliphatic carbocycles. The van der Waals surface area contributed by atoms with Gasteiger partial charge in [-0.25, -0.2) is 0 Å². The molecule has 0 aromatic heterocycles. The Bertz CT molecular complexity index is 301. The minimum atomic E-state index is 0.339. The Morgan fingerprint density at radius 3 is 1.83 bits per heavy atom. The zero-order valence-electron chi connectivity index (χ0n) is 17.0. The van der Waals surface area contributed by atoms with Crippen molar-refractivity contribution >= 4 is 6.92 Å². The summed E-state index contributed by atoms with van der Waals surface area (Å²) in [5.41, 5.74) is 0. The van der Waals surface area contributed by atoms with Gasteiger partial charge in [-0.05, 0) is 24.5 Å². The van der Waals surface area contributed by atoms with Gasteiger partial charge in [0.2, 0.25) is 0 Å². The monoisotopic (exact) mass is 334 g/mol. The first-order valence-corrected chi connectivity index (χ1v) is 11.1. The van der Waals surface area contributed by atoms with E-state index in [0.29, 0.717) is 12.2 Å². The van der Waals surface area contributed by atoms with Crippen molar-refractivity contribution in [2.24, 2.45) is 0 Å². The molecule has 0 bridgehead atoms. The van der Waals surface area contributed by atoms with E-state index in [-0.39, 0.29) is 0 Å². The smallest absolute Gasteiger partial charge is 0.303 e. The van der Waals surface area contributed by atoms with E-state index in [4.69, 9.17) is 4.65 Å². The molecular formula is C22H43BO. The van der Waals surface area contributed by atoms with E-state index in [1.54, 1.807) is 0 Å². The van der Waals surface area contributed by atoms with Crippen LogP contribution >= 0.6 is 0 Å². The maximum absolute atomic E-state index is 6.30. The minimum absolute atomic E-state index is 0.339. The summed E-state index contributed by atoms with van der Waals surface area (Å²) >= 11 is 0. The molecule has 0 saturated heterocycles. The molecule has 24 heavy (non-hydrogen) atoms. The second-order valence-electron chi connectivity index (χ2n) is 7.93. The van der Waals surface area contributed by atoms with Crippen molar-refractivity contribution in [3.8, 4) is 0 Å². The Hall–Kier alpha value is -0.235. The molecule has 0 aromatic rings. The van der Waals surface area contributed by atoms with Gasteiger partial charge in [0.15, 0.2) is 0 Å². The van der Waals surface area contributed by atoms with Crippen LogP contribution in [0.4, 0.5) is 0 Å². The fraction of sp³-hybridized carbons (Fsp3) is 0.909. The Balaban J connectivity index is 2.61. The van der Waals surface area contributed by atoms with Crippen LogP contribution in [0.25, 0.3) is 0 Å². The lowest BCUT2D eigenvalue weighted by Gasteiger charge is -2.39. The number of hydrogen-bond acceptors (Lipinski definition) is 1. The predicted molar refractivity (Wildman–Crippen MR) is 110 cm³/mol. The topological polar surface area (TPSA) is 9.23 Å². The van der Waals surface area contributed by atoms with Gasteiger partial charge in [-0.2, -0.15) is 0 Å². The number of rotatable bonds is 15. The van der Waals surface area contributed by atoms with Crippen LogP contribution in [0.15, 0.2) is 12.2 Å². The first-order valence-electron chi connectivity index (χ1n) is 11.1. The normalized spacial score (nSPS) is 16.7. The van der Waals surface area contributed by atoms with Gasteiger partial charge in [0.05, 0.1) is 0 Å². The van der Waals surface area contributed by atoms with Gasteiger partial charge in [0.1, 0.15) is 0 Å². The van der Waals surface area contributed by atoms with E-state index in [2.05, 4.69) is 32.9 Å². The molecule has 1 aliphatic heterocycles. The summed E-state index contributed by atoms with van der Waals surface area (Å²) in [5.74, 6) is 0. The van der Waals surface area contributed by atoms with Crippen molar-refractivity contribution in [1.82, 2.24) is 0 Å². The van der Waals surface area contributed by atoms with E-state index < -0.39 is 0 Å². The first kappa shape index (κ1) is 21.8. The van der Waals surface area contributed by atoms with Crippen molar-refractivity contribution in [2.75, 3.05) is 6.61 Å². The van der Waals surface area contributed by atoms with Crippen LogP contribution in [0.1, 0.15) is 111 Å². The molecule has 0 amide bonds. The molecular weight excluding hydrogens is 291 g/mol. The molecule has 0 radical (unpaired) electrons. The first-order chi connectivity index (χ1) is 11.8. The Labute approximate surface area is 153 Å². The molecule has 1 rings (SSSR count). The highest BCUT2D eigenvalue weighted by Gasteiger charge is 2.41. The molecule has 0 atom stereocenters. The highest BCUT2D eigenvalue weighted by molar-refractivity contribution is 6.56. The van der Waals surface area contributed by atoms with Crippen LogP contribution in [-0.2, 0) is 4.65 Å². The summed E-state index contributed by atoms with van der Waals surface area (Å²) in [4.78, 5) is 0. The fourth-order valence-electron chi connectivity index (χ4n) is 4.23. The van der Waals surface area contributed by atoms with Crippen molar-refractivity contribution in [2.45, 2.75) is 122 Å². The van der Waals surface area contributed by atoms with E-state index >= 15 is 0 Å². The number of unbranched alkanes of at least 4 members (excludes halogenated alkanes) is 9. The average Bonchev–Trinajstić information content (AvgIpc) is 2.61. The third-order valence-corrected chi connectivity index (χ3v) is 5.80. The lowest BCUT2D eigenvalue weighted by molar-refractivity contribution is 0.307. The summed E-state index contributed by atoms with van der Waals surface area (Å²) in [6, 6.07) is 0. The SMILES string of the molecule is CCCCCCB1OCC=CC1(CCCCCC)CCCCCC. The van der Waals surface area contributed by atoms with Crippen molar-refractivity contribution in [3.63, 3.8) is 0 Å². The number of hydrogen-bond donors (Lipinski definition) is 0. The highest BCUT2D eigenvalue weighted by atomic mass is 16.4. The predicted octanol–water partition coefficient (Wildman–Crippen LogP) is 7.83. The average molecular weight is 334 g/mol. The lowest BCUT2D eigenvalue weighted by Crippen LogP contribution is -2.37. The zero-order valence-corrected chi connectivity index (χ0v) is 17.0. The summed E-state index contributed by atoms with van der Waals surface area (Å²) in [6.45, 7) is 8.22. The van der Waals surface area contributed by atoms with E-state index in [0.717, 1.165) is 6.61 Å². The van der Waals surface area contributed by atoms with Crippen molar-refractivity contribution < 1.29 is 4.65 Å². The minimum Gasteiger partial charge on any atom is -0.432 e. The zero-order chi connectivity index (χ0) is 17.5. The molecule has 0 aromatic carbocycles. The fourth-order valence-corrected chi connectivity index (χ4v) is 4.23. The molecule has 0 unspecified atom stereocenters. The highest BCUT2D eigenvalue weighted by Crippen LogP contribution is 2.47. The Kier molecular flexibility index (Phi) is 12.7. The summed E-state index contributed by atoms with van der Waals surface area (Å²) in [7, 11) is 0. The van der Waals surface area contributed by atoms with Gasteiger partial charge >= 0.3 is 6.92 Å². The third-order valence-electron chi connectivity index (χ3n) is 5.80. The van der Waals surface area contributed by atoms with Gasteiger partial charge in [-0.15, -0.1) is 0 Å². The van der Waals surface area contributed by atoms with Crippen LogP contribution in [0.3, 0.4) is 0 Å². The van der Waals surface area contributed by atoms with Gasteiger partial charge in [-0.1, -0.05) is 110 Å². The van der Waals surface area contributed by atoms with Crippen molar-refractivity contribution in [3.05, 3.63) is 12.2 Å². The van der Waals surface area contributed by atoms with Crippen LogP contribution < -0.4 is 0 Å². The summed E-state index contributed by atoms with van der Waals surface area (Å²) < 4.78 is 6.30. The quantitative estimate of drug-likeness (QED) is 0.168. The van der Waals surface area contributed by atoms with E-state index in [9.17, 15) is 0 Å². The number of allylic oxidation sites excluding steroid dienone is 1. The molecule has 2 heteroatoms. The van der Waals surface area contributed by atoms with Gasteiger partial charge in [0, 0.05) is 6.61 Å². The second kappa shape index (κ2) is 14.0. The van der Waals surface area contributed by atoms with Gasteiger partial charge < -0.3 is 4.65 Å². The van der Waals surface area contributed by atoms with Crippen molar-refractivity contribution in [1.29, 1.82) is 0 Å². The largest absolute Gasteiger partial charge is 0.432 e. The Morgan fingerprint density at radius 2 is 1.29 bits per heavy atom. The maximum atomic E-state index is 6.30. The summed E-state index contributed by atoms with van der Waals surface area (Å²) in [5, 5.41) is 0.339. The molecule has 1 heterocycles. The molecule has 1 nitrogen and oxygen atoms in total. The van der Waals surface area contributed by atoms with Crippen LogP contribution in [0.2, 0.25) is 11.6 Å². The van der Waals surface area contributed by atoms with E-state index in [1.165, 1.54) is 96.2 Å². The molecule has 140 valence electrons. The second-order valence-corrected chi connectivity index (χ2v) is 7.93. The van der Waals surface area contributed by atoms with Crippen LogP contribution in [-0.4, -0.2) is 13.5 Å². The van der Waals surface area contributed by atoms with Gasteiger partial charge in [-0.3, -0.25) is 0 Å². The molecule has 0 N–H and O–H groups in total. The summed E-state index contributed by atoms with van der Waals surface area (Å²) in [6.07, 6.45) is 25.2. The van der Waals surface area contributed by atoms with Gasteiger partial charge in [0.25, 0.3) is 0 Å². The van der Waals surface area contributed by atoms with Crippen LogP contribution in [0.5, 0.6) is 0 Å². The van der Waals surface area contributed by atoms with E-state index in [1.807, 2.05) is 0 Å². The third kappa shape index (κ3) is 8.23. The lowest BCUT2D eigenvalue weighted by atomic mass is 9.39. The molecule has 0 fully saturated rings. The molecule has 0 spiro atoms.